The minimum atomic E-state index is -1.19. The van der Waals surface area contributed by atoms with Gasteiger partial charge in [-0.15, -0.1) is 0 Å². The first-order valence-corrected chi connectivity index (χ1v) is 9.77. The van der Waals surface area contributed by atoms with Crippen LogP contribution in [0.15, 0.2) is 72.8 Å². The Morgan fingerprint density at radius 2 is 1.50 bits per heavy atom. The number of hydrogen-bond donors (Lipinski definition) is 1. The highest BCUT2D eigenvalue weighted by molar-refractivity contribution is 6.49. The Kier molecular flexibility index (Phi) is 5.14. The van der Waals surface area contributed by atoms with Crippen molar-refractivity contribution >= 4 is 34.8 Å². The van der Waals surface area contributed by atoms with E-state index in [4.69, 9.17) is 11.6 Å². The van der Waals surface area contributed by atoms with Gasteiger partial charge in [-0.25, -0.2) is 0 Å². The van der Waals surface area contributed by atoms with Gasteiger partial charge in [-0.2, -0.15) is 0 Å². The molecule has 2 atom stereocenters. The third-order valence-corrected chi connectivity index (χ3v) is 5.52. The van der Waals surface area contributed by atoms with Gasteiger partial charge in [-0.3, -0.25) is 19.3 Å². The van der Waals surface area contributed by atoms with E-state index >= 15 is 0 Å². The van der Waals surface area contributed by atoms with Crippen LogP contribution in [0.25, 0.3) is 0 Å². The molecule has 0 spiro atoms. The highest BCUT2D eigenvalue weighted by atomic mass is 35.5. The number of nitrogens with zero attached hydrogens (tertiary/aromatic N) is 1. The molecule has 1 saturated heterocycles. The molecule has 1 fully saturated rings. The topological polar surface area (TPSA) is 74.7 Å². The van der Waals surface area contributed by atoms with Gasteiger partial charge >= 0.3 is 0 Å². The lowest BCUT2D eigenvalue weighted by molar-refractivity contribution is -0.135. The zero-order valence-electron chi connectivity index (χ0n) is 16.1. The molecule has 1 heterocycles. The summed E-state index contributed by atoms with van der Waals surface area (Å²) >= 11 is 6.01. The summed E-state index contributed by atoms with van der Waals surface area (Å²) in [6, 6.07) is 18.8. The number of hydrogen-bond acceptors (Lipinski definition) is 4. The summed E-state index contributed by atoms with van der Waals surface area (Å²) in [6.07, 6.45) is 0. The van der Waals surface area contributed by atoms with Crippen molar-refractivity contribution in [1.82, 2.24) is 0 Å². The molecule has 2 unspecified atom stereocenters. The summed E-state index contributed by atoms with van der Waals surface area (Å²) in [5.74, 6) is -3.07. The van der Waals surface area contributed by atoms with E-state index in [1.807, 2.05) is 6.92 Å². The predicted octanol–water partition coefficient (Wildman–Crippen LogP) is 4.51. The van der Waals surface area contributed by atoms with Gasteiger partial charge in [0.2, 0.25) is 5.78 Å². The van der Waals surface area contributed by atoms with Gasteiger partial charge < -0.3 is 5.11 Å². The summed E-state index contributed by atoms with van der Waals surface area (Å²) in [5.41, 5.74) is 2.40. The second-order valence-electron chi connectivity index (χ2n) is 7.26. The van der Waals surface area contributed by atoms with Crippen molar-refractivity contribution in [2.75, 3.05) is 4.90 Å². The van der Waals surface area contributed by atoms with Crippen LogP contribution < -0.4 is 4.90 Å². The number of benzene rings is 3. The molecule has 1 amide bonds. The van der Waals surface area contributed by atoms with E-state index in [-0.39, 0.29) is 5.75 Å². The van der Waals surface area contributed by atoms with Gasteiger partial charge in [-0.1, -0.05) is 53.6 Å². The van der Waals surface area contributed by atoms with Crippen molar-refractivity contribution in [3.63, 3.8) is 0 Å². The number of aromatic hydroxyl groups is 1. The molecule has 5 nitrogen and oxygen atoms in total. The van der Waals surface area contributed by atoms with Crippen molar-refractivity contribution < 1.29 is 19.5 Å². The molecule has 0 saturated carbocycles. The summed E-state index contributed by atoms with van der Waals surface area (Å²) < 4.78 is 0. The van der Waals surface area contributed by atoms with E-state index in [1.54, 1.807) is 60.7 Å². The monoisotopic (exact) mass is 419 g/mol. The third kappa shape index (κ3) is 3.48. The summed E-state index contributed by atoms with van der Waals surface area (Å²) in [6.45, 7) is 1.90. The van der Waals surface area contributed by atoms with Gasteiger partial charge in [-0.05, 0) is 48.9 Å². The van der Waals surface area contributed by atoms with Gasteiger partial charge in [0.05, 0.1) is 6.04 Å². The largest absolute Gasteiger partial charge is 0.508 e. The molecular weight excluding hydrogens is 402 g/mol. The van der Waals surface area contributed by atoms with Crippen molar-refractivity contribution in [1.29, 1.82) is 0 Å². The van der Waals surface area contributed by atoms with Crippen LogP contribution in [-0.4, -0.2) is 22.6 Å². The number of amides is 1. The lowest BCUT2D eigenvalue weighted by Gasteiger charge is -2.27. The van der Waals surface area contributed by atoms with E-state index < -0.39 is 29.4 Å². The maximum atomic E-state index is 13.3. The SMILES string of the molecule is Cc1ccc(C(=O)C2C(=O)C(=O)N(c3ccc(O)cc3)C2c2ccc(Cl)cc2)cc1. The van der Waals surface area contributed by atoms with E-state index in [0.29, 0.717) is 21.8 Å². The number of anilines is 1. The number of Topliss-reactive ketones (excluding diaryl/α,β-unsaturated/α-hetero) is 2. The third-order valence-electron chi connectivity index (χ3n) is 5.26. The first kappa shape index (κ1) is 19.9. The molecule has 0 bridgehead atoms. The Balaban J connectivity index is 1.84. The average Bonchev–Trinajstić information content (AvgIpc) is 3.00. The molecule has 1 aliphatic heterocycles. The van der Waals surface area contributed by atoms with Crippen molar-refractivity contribution in [3.05, 3.63) is 94.5 Å². The molecule has 4 rings (SSSR count). The second-order valence-corrected chi connectivity index (χ2v) is 7.70. The van der Waals surface area contributed by atoms with E-state index in [9.17, 15) is 19.5 Å². The Hall–Kier alpha value is -3.44. The molecule has 0 aliphatic carbocycles. The fourth-order valence-electron chi connectivity index (χ4n) is 3.72. The lowest BCUT2D eigenvalue weighted by Crippen LogP contribution is -2.30. The molecule has 150 valence electrons. The van der Waals surface area contributed by atoms with Gasteiger partial charge in [0.15, 0.2) is 5.78 Å². The lowest BCUT2D eigenvalue weighted by atomic mass is 9.86. The maximum absolute atomic E-state index is 13.3. The minimum Gasteiger partial charge on any atom is -0.508 e. The first-order valence-electron chi connectivity index (χ1n) is 9.39. The quantitative estimate of drug-likeness (QED) is 0.383. The van der Waals surface area contributed by atoms with Crippen LogP contribution in [0, 0.1) is 12.8 Å². The van der Waals surface area contributed by atoms with Crippen molar-refractivity contribution in [2.45, 2.75) is 13.0 Å². The zero-order chi connectivity index (χ0) is 21.4. The summed E-state index contributed by atoms with van der Waals surface area (Å²) in [7, 11) is 0. The number of carbonyl (C=O) groups is 3. The van der Waals surface area contributed by atoms with Crippen LogP contribution >= 0.6 is 11.6 Å². The number of phenolic OH excluding ortho intramolecular Hbond substituents is 1. The van der Waals surface area contributed by atoms with Gasteiger partial charge in [0.1, 0.15) is 11.7 Å². The standard InChI is InChI=1S/C24H18ClNO4/c1-14-2-4-16(5-3-14)22(28)20-21(15-6-8-17(25)9-7-15)26(24(30)23(20)29)18-10-12-19(27)13-11-18/h2-13,20-21,27H,1H3. The zero-order valence-corrected chi connectivity index (χ0v) is 16.8. The molecule has 0 aromatic heterocycles. The number of aryl methyl sites for hydroxylation is 1. The van der Waals surface area contributed by atoms with E-state index in [2.05, 4.69) is 0 Å². The number of halogens is 1. The second kappa shape index (κ2) is 7.76. The summed E-state index contributed by atoms with van der Waals surface area (Å²) in [4.78, 5) is 40.6. The molecule has 30 heavy (non-hydrogen) atoms. The predicted molar refractivity (Wildman–Crippen MR) is 114 cm³/mol. The van der Waals surface area contributed by atoms with Crippen molar-refractivity contribution in [3.8, 4) is 5.75 Å². The minimum absolute atomic E-state index is 0.0343. The first-order chi connectivity index (χ1) is 14.4. The summed E-state index contributed by atoms with van der Waals surface area (Å²) in [5, 5.41) is 10.1. The fourth-order valence-corrected chi connectivity index (χ4v) is 3.85. The van der Waals surface area contributed by atoms with Crippen LogP contribution in [0.3, 0.4) is 0 Å². The molecule has 3 aromatic rings. The number of phenols is 1. The highest BCUT2D eigenvalue weighted by Gasteiger charge is 2.52. The molecule has 1 aliphatic rings. The Morgan fingerprint density at radius 1 is 0.900 bits per heavy atom. The van der Waals surface area contributed by atoms with Crippen LogP contribution in [0.1, 0.15) is 27.5 Å². The normalized spacial score (nSPS) is 18.7. The van der Waals surface area contributed by atoms with Crippen LogP contribution in [0.2, 0.25) is 5.02 Å². The number of ketones is 2. The Bertz CT molecular complexity index is 1120. The number of rotatable bonds is 4. The smallest absolute Gasteiger partial charge is 0.295 e. The van der Waals surface area contributed by atoms with Gasteiger partial charge in [0, 0.05) is 16.3 Å². The van der Waals surface area contributed by atoms with E-state index in [1.165, 1.54) is 17.0 Å². The van der Waals surface area contributed by atoms with Crippen molar-refractivity contribution in [2.24, 2.45) is 5.92 Å². The highest BCUT2D eigenvalue weighted by Crippen LogP contribution is 2.41. The van der Waals surface area contributed by atoms with Gasteiger partial charge in [0.25, 0.3) is 5.91 Å². The Labute approximate surface area is 178 Å². The van der Waals surface area contributed by atoms with Crippen LogP contribution in [-0.2, 0) is 9.59 Å². The van der Waals surface area contributed by atoms with Crippen LogP contribution in [0.5, 0.6) is 5.75 Å². The maximum Gasteiger partial charge on any atom is 0.295 e. The molecule has 0 radical (unpaired) electrons. The average molecular weight is 420 g/mol. The molecule has 3 aromatic carbocycles. The fraction of sp³-hybridized carbons (Fsp3) is 0.125. The van der Waals surface area contributed by atoms with Crippen LogP contribution in [0.4, 0.5) is 5.69 Å². The molecule has 1 N–H and O–H groups in total. The van der Waals surface area contributed by atoms with E-state index in [0.717, 1.165) is 5.56 Å². The molecule has 6 heteroatoms. The number of carbonyl (C=O) groups excluding carboxylic acids is 3. The molecular formula is C24H18ClNO4. The Morgan fingerprint density at radius 3 is 2.10 bits per heavy atom.